The van der Waals surface area contributed by atoms with Crippen LogP contribution < -0.4 is 10.7 Å². The number of nitrogens with zero attached hydrogens (tertiary/aromatic N) is 2. The molecule has 1 fully saturated rings. The van der Waals surface area contributed by atoms with Crippen LogP contribution in [0.1, 0.15) is 43.1 Å². The number of carbonyl (C=O) groups is 3. The second kappa shape index (κ2) is 8.80. The Labute approximate surface area is 207 Å². The van der Waals surface area contributed by atoms with Crippen molar-refractivity contribution in [3.63, 3.8) is 0 Å². The Kier molecular flexibility index (Phi) is 5.76. The van der Waals surface area contributed by atoms with Gasteiger partial charge in [-0.25, -0.2) is 10.2 Å². The number of anilines is 1. The van der Waals surface area contributed by atoms with Crippen molar-refractivity contribution >= 4 is 40.7 Å². The Morgan fingerprint density at radius 3 is 2.67 bits per heavy atom. The number of carbonyl (C=O) groups excluding carboxylic acids is 3. The number of aliphatic hydroxyl groups is 1. The van der Waals surface area contributed by atoms with Gasteiger partial charge >= 0.3 is 6.09 Å². The maximum Gasteiger partial charge on any atom is 0.411 e. The molecular formula is C26H27N5O5. The van der Waals surface area contributed by atoms with Crippen molar-refractivity contribution in [2.24, 2.45) is 5.10 Å². The van der Waals surface area contributed by atoms with Gasteiger partial charge in [-0.3, -0.25) is 14.5 Å². The molecule has 10 heteroatoms. The first-order valence-corrected chi connectivity index (χ1v) is 11.7. The van der Waals surface area contributed by atoms with Crippen LogP contribution in [-0.2, 0) is 9.53 Å². The summed E-state index contributed by atoms with van der Waals surface area (Å²) in [4.78, 5) is 43.3. The highest BCUT2D eigenvalue weighted by Crippen LogP contribution is 2.35. The Hall–Kier alpha value is -4.18. The van der Waals surface area contributed by atoms with E-state index in [1.165, 1.54) is 4.90 Å². The molecular weight excluding hydrogens is 462 g/mol. The molecule has 2 aliphatic heterocycles. The minimum absolute atomic E-state index is 0.00253. The number of likely N-dealkylation sites (tertiary alicyclic amines) is 1. The molecule has 0 radical (unpaired) electrons. The lowest BCUT2D eigenvalue weighted by atomic mass is 10.0. The maximum absolute atomic E-state index is 13.2. The van der Waals surface area contributed by atoms with Gasteiger partial charge in [0.05, 0.1) is 30.1 Å². The van der Waals surface area contributed by atoms with Crippen molar-refractivity contribution in [3.05, 3.63) is 53.6 Å². The largest absolute Gasteiger partial charge is 0.444 e. The third kappa shape index (κ3) is 4.42. The van der Waals surface area contributed by atoms with E-state index in [1.54, 1.807) is 39.1 Å². The lowest BCUT2D eigenvalue weighted by molar-refractivity contribution is -0.120. The number of benzene rings is 2. The summed E-state index contributed by atoms with van der Waals surface area (Å²) in [5.74, 6) is -0.888. The Morgan fingerprint density at radius 2 is 1.94 bits per heavy atom. The quantitative estimate of drug-likeness (QED) is 0.448. The fourth-order valence-electron chi connectivity index (χ4n) is 4.60. The second-order valence-corrected chi connectivity index (χ2v) is 9.95. The second-order valence-electron chi connectivity index (χ2n) is 9.95. The zero-order valence-corrected chi connectivity index (χ0v) is 20.2. The fourth-order valence-corrected chi connectivity index (χ4v) is 4.60. The molecule has 0 unspecified atom stereocenters. The fraction of sp³-hybridized carbons (Fsp3) is 0.308. The molecule has 36 heavy (non-hydrogen) atoms. The molecule has 4 N–H and O–H groups in total. The number of amides is 3. The first-order valence-electron chi connectivity index (χ1n) is 11.7. The van der Waals surface area contributed by atoms with Gasteiger partial charge in [-0.1, -0.05) is 30.3 Å². The minimum atomic E-state index is -0.916. The van der Waals surface area contributed by atoms with Crippen LogP contribution in [0.5, 0.6) is 0 Å². The molecule has 0 saturated carbocycles. The number of nitrogens with one attached hydrogen (secondary N) is 3. The zero-order valence-electron chi connectivity index (χ0n) is 20.2. The van der Waals surface area contributed by atoms with E-state index in [-0.39, 0.29) is 13.0 Å². The van der Waals surface area contributed by atoms with Gasteiger partial charge < -0.3 is 20.1 Å². The highest BCUT2D eigenvalue weighted by Gasteiger charge is 2.41. The number of aromatic amines is 1. The van der Waals surface area contributed by atoms with Crippen molar-refractivity contribution in [1.29, 1.82) is 0 Å². The van der Waals surface area contributed by atoms with Gasteiger partial charge in [-0.2, -0.15) is 5.10 Å². The van der Waals surface area contributed by atoms with E-state index >= 15 is 0 Å². The van der Waals surface area contributed by atoms with E-state index in [0.717, 1.165) is 16.8 Å². The molecule has 186 valence electrons. The lowest BCUT2D eigenvalue weighted by Gasteiger charge is -2.27. The van der Waals surface area contributed by atoms with E-state index in [2.05, 4.69) is 20.8 Å². The molecule has 0 aliphatic carbocycles. The maximum atomic E-state index is 13.2. The van der Waals surface area contributed by atoms with Gasteiger partial charge in [0.2, 0.25) is 5.91 Å². The molecule has 5 rings (SSSR count). The van der Waals surface area contributed by atoms with Gasteiger partial charge in [0.1, 0.15) is 11.6 Å². The van der Waals surface area contributed by atoms with Crippen LogP contribution in [0.3, 0.4) is 0 Å². The molecule has 2 aliphatic rings. The van der Waals surface area contributed by atoms with Crippen LogP contribution in [0.15, 0.2) is 47.6 Å². The molecule has 10 nitrogen and oxygen atoms in total. The SMILES string of the molecule is CC(C)(C)OC(=O)N1C[C@H](O)C[C@H]1C(=O)Nc1cc2c3c(c(-c4ccccc4)[nH]c3c1)C=NNC2=O. The number of ether oxygens (including phenoxy) is 1. The number of aliphatic hydroxyl groups excluding tert-OH is 1. The number of hydrogen-bond acceptors (Lipinski definition) is 6. The predicted octanol–water partition coefficient (Wildman–Crippen LogP) is 3.22. The van der Waals surface area contributed by atoms with Crippen LogP contribution in [0.25, 0.3) is 22.2 Å². The summed E-state index contributed by atoms with van der Waals surface area (Å²) in [6, 6.07) is 12.1. The molecule has 2 atom stereocenters. The smallest absolute Gasteiger partial charge is 0.411 e. The molecule has 3 heterocycles. The highest BCUT2D eigenvalue weighted by atomic mass is 16.6. The Balaban J connectivity index is 1.49. The van der Waals surface area contributed by atoms with E-state index in [1.807, 2.05) is 30.3 Å². The van der Waals surface area contributed by atoms with E-state index < -0.39 is 35.7 Å². The van der Waals surface area contributed by atoms with Crippen molar-refractivity contribution in [2.75, 3.05) is 11.9 Å². The molecule has 0 spiro atoms. The minimum Gasteiger partial charge on any atom is -0.444 e. The Bertz CT molecular complexity index is 1390. The van der Waals surface area contributed by atoms with Gasteiger partial charge in [0.25, 0.3) is 5.91 Å². The summed E-state index contributed by atoms with van der Waals surface area (Å²) in [5, 5.41) is 17.7. The van der Waals surface area contributed by atoms with Crippen molar-refractivity contribution in [2.45, 2.75) is 44.9 Å². The highest BCUT2D eigenvalue weighted by molar-refractivity contribution is 6.18. The van der Waals surface area contributed by atoms with E-state index in [9.17, 15) is 19.5 Å². The van der Waals surface area contributed by atoms with Crippen LogP contribution in [0.2, 0.25) is 0 Å². The standard InChI is InChI=1S/C26H27N5O5/c1-26(2,3)36-25(35)31-13-16(32)11-20(31)24(34)28-15-9-17-21-18(12-27-30-23(17)33)22(29-19(21)10-15)14-7-5-4-6-8-14/h4-10,12,16,20,29,32H,11,13H2,1-3H3,(H,28,34)(H,30,33)/t16-,20+/m1/s1. The molecule has 2 aromatic carbocycles. The van der Waals surface area contributed by atoms with E-state index in [4.69, 9.17) is 4.74 Å². The van der Waals surface area contributed by atoms with Gasteiger partial charge in [0, 0.05) is 28.6 Å². The summed E-state index contributed by atoms with van der Waals surface area (Å²) >= 11 is 0. The summed E-state index contributed by atoms with van der Waals surface area (Å²) in [6.07, 6.45) is 0.174. The number of β-amino-alcohol motifs (C(OH)–C–C–N with tert-alkyl or cyclic N) is 1. The van der Waals surface area contributed by atoms with Crippen molar-refractivity contribution in [3.8, 4) is 11.3 Å². The molecule has 1 saturated heterocycles. The average molecular weight is 490 g/mol. The predicted molar refractivity (Wildman–Crippen MR) is 135 cm³/mol. The number of aromatic nitrogens is 1. The molecule has 0 bridgehead atoms. The van der Waals surface area contributed by atoms with Crippen molar-refractivity contribution in [1.82, 2.24) is 15.3 Å². The first-order chi connectivity index (χ1) is 17.1. The number of hydrogen-bond donors (Lipinski definition) is 4. The normalized spacial score (nSPS) is 19.2. The monoisotopic (exact) mass is 489 g/mol. The Morgan fingerprint density at radius 1 is 1.19 bits per heavy atom. The molecule has 3 aromatic rings. The summed E-state index contributed by atoms with van der Waals surface area (Å²) in [6.45, 7) is 5.20. The van der Waals surface area contributed by atoms with Crippen LogP contribution in [-0.4, -0.2) is 63.4 Å². The first kappa shape index (κ1) is 23.6. The van der Waals surface area contributed by atoms with E-state index in [0.29, 0.717) is 22.2 Å². The molecule has 3 amide bonds. The summed E-state index contributed by atoms with van der Waals surface area (Å²) in [7, 11) is 0. The third-order valence-electron chi connectivity index (χ3n) is 6.08. The summed E-state index contributed by atoms with van der Waals surface area (Å²) in [5.41, 5.74) is 5.62. The average Bonchev–Trinajstić information content (AvgIpc) is 3.34. The van der Waals surface area contributed by atoms with Gasteiger partial charge in [0.15, 0.2) is 0 Å². The van der Waals surface area contributed by atoms with Crippen molar-refractivity contribution < 1.29 is 24.2 Å². The number of rotatable bonds is 3. The number of H-pyrrole nitrogens is 1. The zero-order chi connectivity index (χ0) is 25.6. The van der Waals surface area contributed by atoms with Crippen LogP contribution in [0.4, 0.5) is 10.5 Å². The van der Waals surface area contributed by atoms with Gasteiger partial charge in [-0.15, -0.1) is 0 Å². The van der Waals surface area contributed by atoms with Gasteiger partial charge in [-0.05, 0) is 38.5 Å². The number of hydrazone groups is 1. The third-order valence-corrected chi connectivity index (χ3v) is 6.08. The summed E-state index contributed by atoms with van der Waals surface area (Å²) < 4.78 is 5.41. The topological polar surface area (TPSA) is 136 Å². The lowest BCUT2D eigenvalue weighted by Crippen LogP contribution is -2.45. The van der Waals surface area contributed by atoms with Crippen LogP contribution in [0, 0.1) is 0 Å². The van der Waals surface area contributed by atoms with Crippen LogP contribution >= 0.6 is 0 Å². The molecule has 1 aromatic heterocycles.